The smallest absolute Gasteiger partial charge is 0.296 e. The van der Waals surface area contributed by atoms with E-state index in [1.807, 2.05) is 0 Å². The number of carbonyl (C=O) groups is 2. The Labute approximate surface area is 67.1 Å². The van der Waals surface area contributed by atoms with Crippen LogP contribution >= 0.6 is 0 Å². The lowest BCUT2D eigenvalue weighted by Crippen LogP contribution is -2.20. The van der Waals surface area contributed by atoms with Gasteiger partial charge in [0.15, 0.2) is 0 Å². The largest absolute Gasteiger partial charge is 0.428 e. The van der Waals surface area contributed by atoms with E-state index in [-0.39, 0.29) is 0 Å². The van der Waals surface area contributed by atoms with E-state index >= 15 is 0 Å². The highest BCUT2D eigenvalue weighted by atomic mass is 28.3. The monoisotopic (exact) mass is 176 g/mol. The second-order valence-corrected chi connectivity index (χ2v) is 5.78. The molecule has 64 valence electrons. The van der Waals surface area contributed by atoms with Crippen LogP contribution in [-0.4, -0.2) is 28.0 Å². The molecule has 0 saturated heterocycles. The summed E-state index contributed by atoms with van der Waals surface area (Å²) in [4.78, 5) is 19.7. The molecular formula is C6H12O4Si. The van der Waals surface area contributed by atoms with Crippen molar-refractivity contribution >= 4 is 21.7 Å². The maximum atomic E-state index is 9.87. The van der Waals surface area contributed by atoms with Crippen LogP contribution < -0.4 is 0 Å². The van der Waals surface area contributed by atoms with Gasteiger partial charge in [-0.25, -0.2) is 0 Å². The molecular weight excluding hydrogens is 164 g/mol. The normalized spacial score (nSPS) is 9.82. The van der Waals surface area contributed by atoms with Gasteiger partial charge < -0.3 is 9.47 Å². The van der Waals surface area contributed by atoms with Crippen molar-refractivity contribution in [2.75, 3.05) is 0 Å². The van der Waals surface area contributed by atoms with Crippen molar-refractivity contribution in [2.45, 2.75) is 25.4 Å². The highest BCUT2D eigenvalue weighted by Gasteiger charge is 2.11. The van der Waals surface area contributed by atoms with Crippen LogP contribution in [0.4, 0.5) is 0 Å². The predicted molar refractivity (Wildman–Crippen MR) is 41.8 cm³/mol. The third-order valence-corrected chi connectivity index (χ3v) is 2.41. The summed E-state index contributed by atoms with van der Waals surface area (Å²) >= 11 is 0. The maximum absolute atomic E-state index is 9.87. The van der Waals surface area contributed by atoms with Crippen molar-refractivity contribution in [3.8, 4) is 0 Å². The molecule has 0 unspecified atom stereocenters. The molecule has 4 nitrogen and oxygen atoms in total. The van der Waals surface area contributed by atoms with Gasteiger partial charge in [-0.1, -0.05) is 13.1 Å². The first-order valence-electron chi connectivity index (χ1n) is 3.39. The quantitative estimate of drug-likeness (QED) is 0.328. The van der Waals surface area contributed by atoms with Gasteiger partial charge in [-0.15, -0.1) is 0 Å². The summed E-state index contributed by atoms with van der Waals surface area (Å²) in [6.07, 6.45) is -0.670. The molecule has 0 aliphatic heterocycles. The minimum atomic E-state index is -0.859. The lowest BCUT2D eigenvalue weighted by Gasteiger charge is -2.13. The zero-order chi connectivity index (χ0) is 8.69. The SMILES string of the molecule is C[SiH](C)CC(OC=O)OC=O. The second kappa shape index (κ2) is 5.91. The second-order valence-electron chi connectivity index (χ2n) is 2.52. The van der Waals surface area contributed by atoms with Crippen LogP contribution in [0.5, 0.6) is 0 Å². The van der Waals surface area contributed by atoms with E-state index in [2.05, 4.69) is 22.6 Å². The molecule has 0 aliphatic carbocycles. The van der Waals surface area contributed by atoms with Gasteiger partial charge in [0.25, 0.3) is 12.9 Å². The molecule has 0 heterocycles. The molecule has 0 aromatic rings. The van der Waals surface area contributed by atoms with E-state index < -0.39 is 15.1 Å². The first-order valence-corrected chi connectivity index (χ1v) is 6.51. The number of rotatable bonds is 6. The fourth-order valence-electron chi connectivity index (χ4n) is 0.652. The number of hydrogen-bond acceptors (Lipinski definition) is 4. The van der Waals surface area contributed by atoms with Gasteiger partial charge in [0.2, 0.25) is 6.29 Å². The Balaban J connectivity index is 3.67. The topological polar surface area (TPSA) is 52.6 Å². The minimum Gasteiger partial charge on any atom is -0.428 e. The summed E-state index contributed by atoms with van der Waals surface area (Å²) in [6, 6.07) is 0.664. The standard InChI is InChI=1S/C6H12O4Si/c1-11(2)3-6(9-4-7)10-5-8/h4-6,11H,3H2,1-2H3. The van der Waals surface area contributed by atoms with Crippen molar-refractivity contribution in [3.05, 3.63) is 0 Å². The Morgan fingerprint density at radius 1 is 1.27 bits per heavy atom. The van der Waals surface area contributed by atoms with E-state index in [0.717, 1.165) is 0 Å². The minimum absolute atomic E-state index is 0.297. The summed E-state index contributed by atoms with van der Waals surface area (Å²) in [5.41, 5.74) is 0. The van der Waals surface area contributed by atoms with Crippen molar-refractivity contribution in [3.63, 3.8) is 0 Å². The van der Waals surface area contributed by atoms with Gasteiger partial charge in [0.05, 0.1) is 0 Å². The Morgan fingerprint density at radius 3 is 2.00 bits per heavy atom. The van der Waals surface area contributed by atoms with Crippen LogP contribution in [0.25, 0.3) is 0 Å². The van der Waals surface area contributed by atoms with E-state index in [0.29, 0.717) is 19.0 Å². The van der Waals surface area contributed by atoms with Gasteiger partial charge in [-0.2, -0.15) is 0 Å². The molecule has 0 atom stereocenters. The average Bonchev–Trinajstić information content (AvgIpc) is 1.87. The van der Waals surface area contributed by atoms with Crippen molar-refractivity contribution in [1.82, 2.24) is 0 Å². The summed E-state index contributed by atoms with van der Waals surface area (Å²) in [6.45, 7) is 4.75. The molecule has 11 heavy (non-hydrogen) atoms. The van der Waals surface area contributed by atoms with Gasteiger partial charge >= 0.3 is 0 Å². The number of ether oxygens (including phenoxy) is 2. The van der Waals surface area contributed by atoms with Crippen LogP contribution in [-0.2, 0) is 19.1 Å². The zero-order valence-electron chi connectivity index (χ0n) is 6.65. The van der Waals surface area contributed by atoms with Crippen LogP contribution in [0.15, 0.2) is 0 Å². The molecule has 0 saturated carbocycles. The lowest BCUT2D eigenvalue weighted by molar-refractivity contribution is -0.165. The summed E-state index contributed by atoms with van der Waals surface area (Å²) < 4.78 is 8.99. The summed E-state index contributed by atoms with van der Waals surface area (Å²) in [5.74, 6) is 0. The molecule has 0 aromatic heterocycles. The van der Waals surface area contributed by atoms with Crippen molar-refractivity contribution in [2.24, 2.45) is 0 Å². The first-order chi connectivity index (χ1) is 5.20. The lowest BCUT2D eigenvalue weighted by atomic mass is 10.7. The molecule has 0 N–H and O–H groups in total. The average molecular weight is 176 g/mol. The Bertz CT molecular complexity index is 116. The Hall–Kier alpha value is -0.843. The molecule has 0 radical (unpaired) electrons. The van der Waals surface area contributed by atoms with E-state index in [1.165, 1.54) is 0 Å². The molecule has 0 bridgehead atoms. The number of carbonyl (C=O) groups excluding carboxylic acids is 2. The maximum Gasteiger partial charge on any atom is 0.296 e. The van der Waals surface area contributed by atoms with Crippen LogP contribution in [0, 0.1) is 0 Å². The Morgan fingerprint density at radius 2 is 1.73 bits per heavy atom. The van der Waals surface area contributed by atoms with Crippen LogP contribution in [0.3, 0.4) is 0 Å². The zero-order valence-corrected chi connectivity index (χ0v) is 7.80. The van der Waals surface area contributed by atoms with E-state index in [9.17, 15) is 9.59 Å². The van der Waals surface area contributed by atoms with Gasteiger partial charge in [0.1, 0.15) is 0 Å². The van der Waals surface area contributed by atoms with E-state index in [4.69, 9.17) is 0 Å². The highest BCUT2D eigenvalue weighted by molar-refractivity contribution is 6.55. The van der Waals surface area contributed by atoms with Crippen LogP contribution in [0.1, 0.15) is 0 Å². The van der Waals surface area contributed by atoms with Gasteiger partial charge in [-0.05, 0) is 0 Å². The fraction of sp³-hybridized carbons (Fsp3) is 0.667. The van der Waals surface area contributed by atoms with Gasteiger partial charge in [0, 0.05) is 14.8 Å². The molecule has 0 aromatic carbocycles. The fourth-order valence-corrected chi connectivity index (χ4v) is 1.64. The Kier molecular flexibility index (Phi) is 5.45. The molecule has 0 spiro atoms. The predicted octanol–water partition coefficient (Wildman–Crippen LogP) is 0.145. The van der Waals surface area contributed by atoms with Crippen molar-refractivity contribution < 1.29 is 19.1 Å². The summed E-state index contributed by atoms with van der Waals surface area (Å²) in [7, 11) is -0.859. The van der Waals surface area contributed by atoms with E-state index in [1.54, 1.807) is 0 Å². The van der Waals surface area contributed by atoms with Crippen molar-refractivity contribution in [1.29, 1.82) is 0 Å². The third-order valence-electron chi connectivity index (χ3n) is 1.08. The summed E-state index contributed by atoms with van der Waals surface area (Å²) in [5, 5.41) is 0. The highest BCUT2D eigenvalue weighted by Crippen LogP contribution is 2.02. The molecule has 0 amide bonds. The molecule has 0 aliphatic rings. The van der Waals surface area contributed by atoms with Crippen LogP contribution in [0.2, 0.25) is 19.1 Å². The number of hydrogen-bond donors (Lipinski definition) is 0. The first kappa shape index (κ1) is 10.2. The third kappa shape index (κ3) is 5.59. The molecule has 5 heteroatoms. The molecule has 0 fully saturated rings. The van der Waals surface area contributed by atoms with Gasteiger partial charge in [-0.3, -0.25) is 9.59 Å². The molecule has 0 rings (SSSR count).